The van der Waals surface area contributed by atoms with Gasteiger partial charge in [-0.1, -0.05) is 18.2 Å². The Morgan fingerprint density at radius 3 is 2.70 bits per heavy atom. The second kappa shape index (κ2) is 2.96. The van der Waals surface area contributed by atoms with E-state index in [2.05, 4.69) is 5.11 Å². The van der Waals surface area contributed by atoms with Crippen molar-refractivity contribution in [1.82, 2.24) is 0 Å². The first-order chi connectivity index (χ1) is 4.84. The van der Waals surface area contributed by atoms with Gasteiger partial charge in [-0.3, -0.25) is 0 Å². The van der Waals surface area contributed by atoms with Gasteiger partial charge in [0, 0.05) is 5.56 Å². The predicted molar refractivity (Wildman–Crippen MR) is 37.0 cm³/mol. The number of rotatable bonds is 2. The van der Waals surface area contributed by atoms with Crippen molar-refractivity contribution >= 4 is 0 Å². The van der Waals surface area contributed by atoms with Gasteiger partial charge < -0.3 is 5.11 Å². The summed E-state index contributed by atoms with van der Waals surface area (Å²) in [7, 11) is 0. The van der Waals surface area contributed by atoms with Gasteiger partial charge in [-0.25, -0.2) is 5.53 Å². The third-order valence-corrected chi connectivity index (χ3v) is 1.24. The summed E-state index contributed by atoms with van der Waals surface area (Å²) in [5.41, 5.74) is 7.24. The second-order valence-corrected chi connectivity index (χ2v) is 1.94. The fraction of sp³-hybridized carbons (Fsp3) is 0.143. The molecule has 1 rings (SSSR count). The van der Waals surface area contributed by atoms with E-state index in [9.17, 15) is 0 Å². The molecule has 0 aliphatic heterocycles. The normalized spacial score (nSPS) is 9.20. The molecular formula is C7H8N2O. The van der Waals surface area contributed by atoms with Crippen molar-refractivity contribution in [2.75, 3.05) is 0 Å². The Kier molecular flexibility index (Phi) is 1.99. The van der Waals surface area contributed by atoms with Gasteiger partial charge in [0.25, 0.3) is 0 Å². The third kappa shape index (κ3) is 1.31. The fourth-order valence-corrected chi connectivity index (χ4v) is 0.730. The zero-order chi connectivity index (χ0) is 7.40. The molecule has 0 fully saturated rings. The lowest BCUT2D eigenvalue weighted by Gasteiger charge is -1.96. The van der Waals surface area contributed by atoms with Crippen molar-refractivity contribution in [3.05, 3.63) is 29.8 Å². The first-order valence-corrected chi connectivity index (χ1v) is 2.94. The molecule has 0 saturated heterocycles. The van der Waals surface area contributed by atoms with Gasteiger partial charge in [-0.15, -0.1) is 0 Å². The van der Waals surface area contributed by atoms with Gasteiger partial charge in [-0.2, -0.15) is 5.11 Å². The molecule has 0 aliphatic rings. The van der Waals surface area contributed by atoms with Crippen molar-refractivity contribution in [2.24, 2.45) is 5.11 Å². The summed E-state index contributed by atoms with van der Waals surface area (Å²) in [6.07, 6.45) is 0. The Labute approximate surface area is 58.8 Å². The lowest BCUT2D eigenvalue weighted by molar-refractivity contribution is 0.468. The van der Waals surface area contributed by atoms with Crippen LogP contribution in [-0.4, -0.2) is 5.11 Å². The predicted octanol–water partition coefficient (Wildman–Crippen LogP) is 1.92. The number of nitrogens with one attached hydrogen (secondary N) is 1. The highest BCUT2D eigenvalue weighted by Crippen LogP contribution is 2.15. The molecule has 10 heavy (non-hydrogen) atoms. The van der Waals surface area contributed by atoms with Gasteiger partial charge in [0.1, 0.15) is 5.75 Å². The second-order valence-electron chi connectivity index (χ2n) is 1.94. The highest BCUT2D eigenvalue weighted by molar-refractivity contribution is 5.31. The number of aromatic hydroxyl groups is 1. The molecule has 0 aromatic heterocycles. The number of para-hydroxylation sites is 1. The zero-order valence-corrected chi connectivity index (χ0v) is 5.41. The zero-order valence-electron chi connectivity index (χ0n) is 5.41. The molecule has 3 nitrogen and oxygen atoms in total. The quantitative estimate of drug-likeness (QED) is 0.599. The number of hydrogen-bond donors (Lipinski definition) is 2. The Hall–Kier alpha value is -1.38. The molecule has 0 aliphatic carbocycles. The molecule has 0 bridgehead atoms. The largest absolute Gasteiger partial charge is 0.508 e. The number of benzene rings is 1. The van der Waals surface area contributed by atoms with E-state index in [-0.39, 0.29) is 12.3 Å². The smallest absolute Gasteiger partial charge is 0.120 e. The van der Waals surface area contributed by atoms with E-state index >= 15 is 0 Å². The van der Waals surface area contributed by atoms with Gasteiger partial charge in [-0.05, 0) is 6.07 Å². The van der Waals surface area contributed by atoms with Crippen LogP contribution < -0.4 is 0 Å². The minimum absolute atomic E-state index is 0.207. The summed E-state index contributed by atoms with van der Waals surface area (Å²) in [6.45, 7) is 0.257. The lowest BCUT2D eigenvalue weighted by atomic mass is 10.2. The molecule has 52 valence electrons. The first-order valence-electron chi connectivity index (χ1n) is 2.94. The fourth-order valence-electron chi connectivity index (χ4n) is 0.730. The summed E-state index contributed by atoms with van der Waals surface area (Å²) >= 11 is 0. The lowest BCUT2D eigenvalue weighted by Crippen LogP contribution is -1.79. The van der Waals surface area contributed by atoms with E-state index in [0.29, 0.717) is 5.56 Å². The minimum Gasteiger partial charge on any atom is -0.508 e. The number of phenols is 1. The summed E-state index contributed by atoms with van der Waals surface area (Å²) in [4.78, 5) is 0. The molecular weight excluding hydrogens is 128 g/mol. The highest BCUT2D eigenvalue weighted by Gasteiger charge is 1.95. The van der Waals surface area contributed by atoms with E-state index in [1.54, 1.807) is 24.3 Å². The van der Waals surface area contributed by atoms with Crippen LogP contribution in [0, 0.1) is 5.53 Å². The van der Waals surface area contributed by atoms with Crippen LogP contribution in [0.25, 0.3) is 0 Å². The molecule has 0 spiro atoms. The summed E-state index contributed by atoms with van der Waals surface area (Å²) < 4.78 is 0. The van der Waals surface area contributed by atoms with Crippen molar-refractivity contribution in [3.63, 3.8) is 0 Å². The van der Waals surface area contributed by atoms with E-state index in [1.165, 1.54) is 0 Å². The molecule has 0 unspecified atom stereocenters. The molecule has 2 N–H and O–H groups in total. The van der Waals surface area contributed by atoms with Crippen molar-refractivity contribution in [3.8, 4) is 5.75 Å². The SMILES string of the molecule is N=NCc1ccccc1O. The van der Waals surface area contributed by atoms with Crippen LogP contribution in [0.4, 0.5) is 0 Å². The molecule has 0 atom stereocenters. The maximum atomic E-state index is 9.10. The number of phenolic OH excluding ortho intramolecular Hbond substituents is 1. The van der Waals surface area contributed by atoms with Crippen molar-refractivity contribution < 1.29 is 5.11 Å². The highest BCUT2D eigenvalue weighted by atomic mass is 16.3. The Bertz CT molecular complexity index is 235. The topological polar surface area (TPSA) is 56.4 Å². The first kappa shape index (κ1) is 6.74. The van der Waals surface area contributed by atoms with Crippen LogP contribution in [0.15, 0.2) is 29.4 Å². The van der Waals surface area contributed by atoms with Crippen LogP contribution in [0.2, 0.25) is 0 Å². The van der Waals surface area contributed by atoms with E-state index in [4.69, 9.17) is 10.6 Å². The maximum Gasteiger partial charge on any atom is 0.120 e. The maximum absolute atomic E-state index is 9.10. The number of hydrogen-bond acceptors (Lipinski definition) is 3. The van der Waals surface area contributed by atoms with Crippen LogP contribution >= 0.6 is 0 Å². The molecule has 1 aromatic carbocycles. The summed E-state index contributed by atoms with van der Waals surface area (Å²) in [5, 5.41) is 12.3. The van der Waals surface area contributed by atoms with Gasteiger partial charge >= 0.3 is 0 Å². The monoisotopic (exact) mass is 136 g/mol. The molecule has 0 amide bonds. The Morgan fingerprint density at radius 2 is 2.10 bits per heavy atom. The van der Waals surface area contributed by atoms with Crippen LogP contribution in [0.5, 0.6) is 5.75 Å². The average molecular weight is 136 g/mol. The summed E-state index contributed by atoms with van der Waals surface area (Å²) in [6, 6.07) is 6.87. The van der Waals surface area contributed by atoms with E-state index in [0.717, 1.165) is 0 Å². The molecule has 0 radical (unpaired) electrons. The molecule has 0 saturated carbocycles. The summed E-state index contributed by atoms with van der Waals surface area (Å²) in [5.74, 6) is 0.207. The molecule has 1 aromatic rings. The van der Waals surface area contributed by atoms with Crippen molar-refractivity contribution in [1.29, 1.82) is 5.53 Å². The average Bonchev–Trinajstić information content (AvgIpc) is 1.94. The van der Waals surface area contributed by atoms with Crippen LogP contribution in [0.1, 0.15) is 5.56 Å². The van der Waals surface area contributed by atoms with Gasteiger partial charge in [0.05, 0.1) is 6.54 Å². The molecule has 0 heterocycles. The van der Waals surface area contributed by atoms with Crippen LogP contribution in [0.3, 0.4) is 0 Å². The van der Waals surface area contributed by atoms with E-state index < -0.39 is 0 Å². The van der Waals surface area contributed by atoms with Gasteiger partial charge in [0.15, 0.2) is 0 Å². The molecule has 3 heteroatoms. The van der Waals surface area contributed by atoms with Crippen molar-refractivity contribution in [2.45, 2.75) is 6.54 Å². The standard InChI is InChI=1S/C7H8N2O/c8-9-5-6-3-1-2-4-7(6)10/h1-4,8,10H,5H2. The Morgan fingerprint density at radius 1 is 1.40 bits per heavy atom. The third-order valence-electron chi connectivity index (χ3n) is 1.24. The minimum atomic E-state index is 0.207. The van der Waals surface area contributed by atoms with E-state index in [1.807, 2.05) is 0 Å². The van der Waals surface area contributed by atoms with Crippen LogP contribution in [-0.2, 0) is 6.54 Å². The Balaban J connectivity index is 2.91. The van der Waals surface area contributed by atoms with Gasteiger partial charge in [0.2, 0.25) is 0 Å². The number of nitrogens with zero attached hydrogens (tertiary/aromatic N) is 1.